The number of nitriles is 1. The van der Waals surface area contributed by atoms with Crippen molar-refractivity contribution in [1.29, 1.82) is 5.26 Å². The number of ether oxygens (including phenoxy) is 2. The SMILES string of the molecule is COc1cccc(CN(C)CCC(=O)Nc2sc3c(c2C#N)CCC3)c1OC. The molecule has 7 heteroatoms. The molecule has 148 valence electrons. The van der Waals surface area contributed by atoms with E-state index in [1.165, 1.54) is 4.88 Å². The lowest BCUT2D eigenvalue weighted by Crippen LogP contribution is -2.24. The van der Waals surface area contributed by atoms with Crippen LogP contribution in [-0.2, 0) is 24.2 Å². The fraction of sp³-hybridized carbons (Fsp3) is 0.429. The van der Waals surface area contributed by atoms with Crippen LogP contribution in [-0.4, -0.2) is 38.6 Å². The number of hydrogen-bond donors (Lipinski definition) is 1. The minimum absolute atomic E-state index is 0.0686. The van der Waals surface area contributed by atoms with Crippen molar-refractivity contribution in [2.45, 2.75) is 32.2 Å². The van der Waals surface area contributed by atoms with Crippen LogP contribution in [0.1, 0.15) is 34.4 Å². The van der Waals surface area contributed by atoms with Gasteiger partial charge in [-0.05, 0) is 37.9 Å². The molecule has 1 heterocycles. The van der Waals surface area contributed by atoms with Gasteiger partial charge in [0.05, 0.1) is 19.8 Å². The van der Waals surface area contributed by atoms with Gasteiger partial charge in [-0.3, -0.25) is 4.79 Å². The number of rotatable bonds is 8. The molecular formula is C21H25N3O3S. The van der Waals surface area contributed by atoms with E-state index in [-0.39, 0.29) is 5.91 Å². The lowest BCUT2D eigenvalue weighted by Gasteiger charge is -2.19. The van der Waals surface area contributed by atoms with E-state index in [2.05, 4.69) is 16.3 Å². The highest BCUT2D eigenvalue weighted by molar-refractivity contribution is 7.16. The number of nitrogens with one attached hydrogen (secondary N) is 1. The van der Waals surface area contributed by atoms with Gasteiger partial charge in [0.15, 0.2) is 11.5 Å². The Labute approximate surface area is 169 Å². The number of methoxy groups -OCH3 is 2. The Hall–Kier alpha value is -2.56. The van der Waals surface area contributed by atoms with Gasteiger partial charge in [0, 0.05) is 30.0 Å². The summed E-state index contributed by atoms with van der Waals surface area (Å²) in [5, 5.41) is 13.1. The number of fused-ring (bicyclic) bond motifs is 1. The van der Waals surface area contributed by atoms with Crippen LogP contribution in [0, 0.1) is 11.3 Å². The molecular weight excluding hydrogens is 374 g/mol. The molecule has 0 unspecified atom stereocenters. The lowest BCUT2D eigenvalue weighted by molar-refractivity contribution is -0.116. The maximum absolute atomic E-state index is 12.4. The average molecular weight is 400 g/mol. The summed E-state index contributed by atoms with van der Waals surface area (Å²) in [5.74, 6) is 1.34. The van der Waals surface area contributed by atoms with E-state index in [1.54, 1.807) is 25.6 Å². The van der Waals surface area contributed by atoms with Crippen LogP contribution >= 0.6 is 11.3 Å². The molecule has 28 heavy (non-hydrogen) atoms. The lowest BCUT2D eigenvalue weighted by atomic mass is 10.1. The molecule has 1 aromatic heterocycles. The number of hydrogen-bond acceptors (Lipinski definition) is 6. The first-order valence-corrected chi connectivity index (χ1v) is 10.1. The van der Waals surface area contributed by atoms with Crippen molar-refractivity contribution in [3.8, 4) is 17.6 Å². The fourth-order valence-electron chi connectivity index (χ4n) is 3.54. The van der Waals surface area contributed by atoms with Gasteiger partial charge in [-0.25, -0.2) is 0 Å². The first-order valence-electron chi connectivity index (χ1n) is 9.30. The Balaban J connectivity index is 1.56. The van der Waals surface area contributed by atoms with E-state index in [1.807, 2.05) is 25.2 Å². The van der Waals surface area contributed by atoms with Gasteiger partial charge in [-0.2, -0.15) is 5.26 Å². The number of thiophene rings is 1. The van der Waals surface area contributed by atoms with Gasteiger partial charge < -0.3 is 19.7 Å². The second-order valence-electron chi connectivity index (χ2n) is 6.86. The zero-order valence-electron chi connectivity index (χ0n) is 16.5. The number of carbonyl (C=O) groups excluding carboxylic acids is 1. The standard InChI is InChI=1S/C21H25N3O3S/c1-24(13-14-6-4-8-17(26-2)20(14)27-3)11-10-19(25)23-21-16(12-22)15-7-5-9-18(15)28-21/h4,6,8H,5,7,9-11,13H2,1-3H3,(H,23,25). The Morgan fingerprint density at radius 3 is 2.86 bits per heavy atom. The maximum atomic E-state index is 12.4. The summed E-state index contributed by atoms with van der Waals surface area (Å²) in [4.78, 5) is 15.7. The van der Waals surface area contributed by atoms with Crippen LogP contribution in [0.15, 0.2) is 18.2 Å². The Morgan fingerprint density at radius 1 is 1.32 bits per heavy atom. The third-order valence-electron chi connectivity index (χ3n) is 4.93. The molecule has 0 fully saturated rings. The Morgan fingerprint density at radius 2 is 2.14 bits per heavy atom. The van der Waals surface area contributed by atoms with E-state index in [0.717, 1.165) is 30.4 Å². The first kappa shape index (κ1) is 20.2. The summed E-state index contributed by atoms with van der Waals surface area (Å²) >= 11 is 1.55. The third-order valence-corrected chi connectivity index (χ3v) is 6.14. The van der Waals surface area contributed by atoms with Crippen LogP contribution in [0.25, 0.3) is 0 Å². The highest BCUT2D eigenvalue weighted by Crippen LogP contribution is 2.38. The molecule has 3 rings (SSSR count). The van der Waals surface area contributed by atoms with Crippen molar-refractivity contribution < 1.29 is 14.3 Å². The van der Waals surface area contributed by atoms with Crippen LogP contribution < -0.4 is 14.8 Å². The van der Waals surface area contributed by atoms with E-state index < -0.39 is 0 Å². The smallest absolute Gasteiger partial charge is 0.226 e. The van der Waals surface area contributed by atoms with Gasteiger partial charge in [-0.1, -0.05) is 12.1 Å². The molecule has 0 aliphatic heterocycles. The van der Waals surface area contributed by atoms with Crippen LogP contribution in [0.2, 0.25) is 0 Å². The normalized spacial score (nSPS) is 12.5. The molecule has 1 aromatic carbocycles. The number of aryl methyl sites for hydroxylation is 1. The number of carbonyl (C=O) groups is 1. The van der Waals surface area contributed by atoms with Crippen LogP contribution in [0.4, 0.5) is 5.00 Å². The molecule has 0 saturated heterocycles. The summed E-state index contributed by atoms with van der Waals surface area (Å²) in [6.07, 6.45) is 3.41. The third kappa shape index (κ3) is 4.29. The second-order valence-corrected chi connectivity index (χ2v) is 7.97. The first-order chi connectivity index (χ1) is 13.6. The molecule has 0 bridgehead atoms. The zero-order valence-corrected chi connectivity index (χ0v) is 17.3. The van der Waals surface area contributed by atoms with Gasteiger partial charge in [-0.15, -0.1) is 11.3 Å². The highest BCUT2D eigenvalue weighted by Gasteiger charge is 2.23. The molecule has 1 aliphatic carbocycles. The van der Waals surface area contributed by atoms with Crippen molar-refractivity contribution in [3.05, 3.63) is 39.8 Å². The molecule has 0 radical (unpaired) electrons. The molecule has 0 saturated carbocycles. The summed E-state index contributed by atoms with van der Waals surface area (Å²) in [6.45, 7) is 1.24. The number of anilines is 1. The molecule has 0 spiro atoms. The highest BCUT2D eigenvalue weighted by atomic mass is 32.1. The molecule has 2 aromatic rings. The van der Waals surface area contributed by atoms with E-state index in [9.17, 15) is 10.1 Å². The van der Waals surface area contributed by atoms with E-state index >= 15 is 0 Å². The number of benzene rings is 1. The van der Waals surface area contributed by atoms with Crippen molar-refractivity contribution >= 4 is 22.2 Å². The topological polar surface area (TPSA) is 74.6 Å². The van der Waals surface area contributed by atoms with Gasteiger partial charge in [0.2, 0.25) is 5.91 Å². The number of nitrogens with zero attached hydrogens (tertiary/aromatic N) is 2. The fourth-order valence-corrected chi connectivity index (χ4v) is 4.80. The molecule has 1 N–H and O–H groups in total. The van der Waals surface area contributed by atoms with Crippen molar-refractivity contribution in [1.82, 2.24) is 4.90 Å². The summed E-state index contributed by atoms with van der Waals surface area (Å²) < 4.78 is 10.8. The van der Waals surface area contributed by atoms with E-state index in [4.69, 9.17) is 9.47 Å². The molecule has 6 nitrogen and oxygen atoms in total. The second kappa shape index (κ2) is 9.09. The monoisotopic (exact) mass is 399 g/mol. The van der Waals surface area contributed by atoms with Crippen molar-refractivity contribution in [2.75, 3.05) is 33.1 Å². The van der Waals surface area contributed by atoms with Crippen molar-refractivity contribution in [2.24, 2.45) is 0 Å². The predicted octanol–water partition coefficient (Wildman–Crippen LogP) is 3.59. The minimum atomic E-state index is -0.0686. The quantitative estimate of drug-likeness (QED) is 0.734. The Kier molecular flexibility index (Phi) is 6.55. The molecule has 0 atom stereocenters. The maximum Gasteiger partial charge on any atom is 0.226 e. The van der Waals surface area contributed by atoms with Gasteiger partial charge >= 0.3 is 0 Å². The summed E-state index contributed by atoms with van der Waals surface area (Å²) in [5.41, 5.74) is 2.79. The van der Waals surface area contributed by atoms with E-state index in [0.29, 0.717) is 41.6 Å². The van der Waals surface area contributed by atoms with Gasteiger partial charge in [0.1, 0.15) is 11.1 Å². The summed E-state index contributed by atoms with van der Waals surface area (Å²) in [7, 11) is 5.21. The molecule has 1 amide bonds. The van der Waals surface area contributed by atoms with Crippen LogP contribution in [0.5, 0.6) is 11.5 Å². The summed E-state index contributed by atoms with van der Waals surface area (Å²) in [6, 6.07) is 8.04. The number of para-hydroxylation sites is 1. The number of amides is 1. The predicted molar refractivity (Wildman–Crippen MR) is 110 cm³/mol. The largest absolute Gasteiger partial charge is 0.493 e. The molecule has 1 aliphatic rings. The minimum Gasteiger partial charge on any atom is -0.493 e. The van der Waals surface area contributed by atoms with Crippen molar-refractivity contribution in [3.63, 3.8) is 0 Å². The zero-order chi connectivity index (χ0) is 20.1. The average Bonchev–Trinajstić information content (AvgIpc) is 3.26. The Bertz CT molecular complexity index is 901. The van der Waals surface area contributed by atoms with Crippen LogP contribution in [0.3, 0.4) is 0 Å². The van der Waals surface area contributed by atoms with Gasteiger partial charge in [0.25, 0.3) is 0 Å².